The Morgan fingerprint density at radius 2 is 1.69 bits per heavy atom. The Morgan fingerprint density at radius 3 is 2.25 bits per heavy atom. The molecule has 0 unspecified atom stereocenters. The Labute approximate surface area is 209 Å². The molecular weight excluding hydrogens is 480 g/mol. The van der Waals surface area contributed by atoms with Gasteiger partial charge in [0.1, 0.15) is 0 Å². The van der Waals surface area contributed by atoms with Gasteiger partial charge in [-0.2, -0.15) is 0 Å². The van der Waals surface area contributed by atoms with Crippen LogP contribution in [0.3, 0.4) is 0 Å². The summed E-state index contributed by atoms with van der Waals surface area (Å²) in [6, 6.07) is 0. The van der Waals surface area contributed by atoms with Crippen LogP contribution in [0, 0.1) is 11.8 Å². The minimum atomic E-state index is -1.83. The van der Waals surface area contributed by atoms with Gasteiger partial charge in [0.25, 0.3) is 0 Å². The maximum Gasteiger partial charge on any atom is 0.192 e. The van der Waals surface area contributed by atoms with E-state index in [1.165, 1.54) is 51.4 Å². The number of halogens is 1. The Hall–Kier alpha value is 0.317. The van der Waals surface area contributed by atoms with Gasteiger partial charge in [0.05, 0.1) is 18.3 Å². The van der Waals surface area contributed by atoms with Crippen molar-refractivity contribution < 1.29 is 13.9 Å². The fourth-order valence-corrected chi connectivity index (χ4v) is 6.42. The number of unbranched alkanes of at least 4 members (excludes halogenated alkanes) is 5. The van der Waals surface area contributed by atoms with Gasteiger partial charge in [-0.25, -0.2) is 0 Å². The highest BCUT2D eigenvalue weighted by atomic mass is 79.9. The molecule has 1 aliphatic rings. The molecule has 0 heterocycles. The van der Waals surface area contributed by atoms with E-state index >= 15 is 0 Å². The molecule has 0 aliphatic heterocycles. The Kier molecular flexibility index (Phi) is 14.5. The van der Waals surface area contributed by atoms with Crippen molar-refractivity contribution in [1.82, 2.24) is 0 Å². The SMILES string of the molecule is CCCCC[C@@H](/C=C/[C@@H]1[C@@H](CCCCCCBr)[C@@H](O[Si](C)(C)C(C)(C)C)C[C@H]1OC)OC. The van der Waals surface area contributed by atoms with Crippen LogP contribution in [0.4, 0.5) is 0 Å². The lowest BCUT2D eigenvalue weighted by Crippen LogP contribution is -2.45. The Morgan fingerprint density at radius 1 is 1.00 bits per heavy atom. The molecule has 0 bridgehead atoms. The van der Waals surface area contributed by atoms with E-state index in [0.717, 1.165) is 18.2 Å². The second kappa shape index (κ2) is 15.3. The zero-order valence-corrected chi connectivity index (χ0v) is 25.0. The molecule has 0 saturated heterocycles. The maximum absolute atomic E-state index is 7.02. The standard InChI is InChI=1S/C27H53BrO3Si/c1-9-10-13-16-22(29-5)18-19-24-23(17-14-11-12-15-20-28)26(21-25(24)30-6)31-32(7,8)27(2,3)4/h18-19,22-26H,9-17,20-21H2,1-8H3/b19-18+/t22-,23+,24+,25+,26-/m0/s1. The van der Waals surface area contributed by atoms with Crippen LogP contribution < -0.4 is 0 Å². The largest absolute Gasteiger partial charge is 0.414 e. The van der Waals surface area contributed by atoms with Crippen molar-refractivity contribution in [2.75, 3.05) is 19.5 Å². The summed E-state index contributed by atoms with van der Waals surface area (Å²) in [4.78, 5) is 0. The van der Waals surface area contributed by atoms with E-state index in [2.05, 4.69) is 68.9 Å². The molecule has 190 valence electrons. The number of ether oxygens (including phenoxy) is 2. The molecule has 0 N–H and O–H groups in total. The van der Waals surface area contributed by atoms with Crippen molar-refractivity contribution in [2.24, 2.45) is 11.8 Å². The van der Waals surface area contributed by atoms with E-state index in [9.17, 15) is 0 Å². The minimum absolute atomic E-state index is 0.207. The predicted octanol–water partition coefficient (Wildman–Crippen LogP) is 8.52. The van der Waals surface area contributed by atoms with Gasteiger partial charge in [-0.05, 0) is 49.7 Å². The number of rotatable bonds is 16. The topological polar surface area (TPSA) is 27.7 Å². The summed E-state index contributed by atoms with van der Waals surface area (Å²) >= 11 is 3.57. The highest BCUT2D eigenvalue weighted by Gasteiger charge is 2.47. The van der Waals surface area contributed by atoms with Crippen molar-refractivity contribution in [3.63, 3.8) is 0 Å². The lowest BCUT2D eigenvalue weighted by atomic mass is 9.87. The first-order chi connectivity index (χ1) is 15.1. The molecular formula is C27H53BrO3Si. The minimum Gasteiger partial charge on any atom is -0.414 e. The van der Waals surface area contributed by atoms with Crippen LogP contribution in [-0.4, -0.2) is 46.2 Å². The Bertz CT molecular complexity index is 518. The number of hydrogen-bond donors (Lipinski definition) is 0. The van der Waals surface area contributed by atoms with Crippen LogP contribution in [0.25, 0.3) is 0 Å². The van der Waals surface area contributed by atoms with E-state index in [4.69, 9.17) is 13.9 Å². The van der Waals surface area contributed by atoms with Crippen LogP contribution in [0.1, 0.15) is 91.9 Å². The van der Waals surface area contributed by atoms with Crippen LogP contribution >= 0.6 is 15.9 Å². The third-order valence-electron chi connectivity index (χ3n) is 7.78. The first-order valence-corrected chi connectivity index (χ1v) is 17.1. The van der Waals surface area contributed by atoms with Crippen molar-refractivity contribution >= 4 is 24.2 Å². The third kappa shape index (κ3) is 9.89. The average Bonchev–Trinajstić information content (AvgIpc) is 3.05. The summed E-state index contributed by atoms with van der Waals surface area (Å²) in [5, 5.41) is 1.34. The van der Waals surface area contributed by atoms with Crippen molar-refractivity contribution in [3.8, 4) is 0 Å². The van der Waals surface area contributed by atoms with Crippen molar-refractivity contribution in [1.29, 1.82) is 0 Å². The highest BCUT2D eigenvalue weighted by molar-refractivity contribution is 9.09. The second-order valence-electron chi connectivity index (χ2n) is 11.2. The molecule has 0 spiro atoms. The monoisotopic (exact) mass is 532 g/mol. The molecule has 0 aromatic rings. The molecule has 0 aromatic heterocycles. The summed E-state index contributed by atoms with van der Waals surface area (Å²) < 4.78 is 18.8. The third-order valence-corrected chi connectivity index (χ3v) is 12.8. The van der Waals surface area contributed by atoms with Crippen molar-refractivity contribution in [3.05, 3.63) is 12.2 Å². The Balaban J connectivity index is 2.98. The number of methoxy groups -OCH3 is 2. The summed E-state index contributed by atoms with van der Waals surface area (Å²) in [5.74, 6) is 0.942. The quantitative estimate of drug-likeness (QED) is 0.0861. The van der Waals surface area contributed by atoms with Gasteiger partial charge in [-0.15, -0.1) is 0 Å². The zero-order chi connectivity index (χ0) is 24.2. The lowest BCUT2D eigenvalue weighted by molar-refractivity contribution is 0.0744. The molecule has 32 heavy (non-hydrogen) atoms. The van der Waals surface area contributed by atoms with E-state index < -0.39 is 8.32 Å². The van der Waals surface area contributed by atoms with Crippen molar-refractivity contribution in [2.45, 2.75) is 128 Å². The highest BCUT2D eigenvalue weighted by Crippen LogP contribution is 2.45. The zero-order valence-electron chi connectivity index (χ0n) is 22.4. The molecule has 1 rings (SSSR count). The lowest BCUT2D eigenvalue weighted by Gasteiger charge is -2.40. The average molecular weight is 534 g/mol. The molecule has 0 amide bonds. The van der Waals surface area contributed by atoms with Crippen LogP contribution in [0.2, 0.25) is 18.1 Å². The molecule has 3 nitrogen and oxygen atoms in total. The maximum atomic E-state index is 7.02. The first-order valence-electron chi connectivity index (χ1n) is 13.1. The van der Waals surface area contributed by atoms with Gasteiger partial charge in [0.2, 0.25) is 0 Å². The molecule has 0 aromatic carbocycles. The van der Waals surface area contributed by atoms with Crippen LogP contribution in [-0.2, 0) is 13.9 Å². The summed E-state index contributed by atoms with van der Waals surface area (Å²) in [6.07, 6.45) is 17.7. The van der Waals surface area contributed by atoms with E-state index in [-0.39, 0.29) is 17.2 Å². The van der Waals surface area contributed by atoms with Gasteiger partial charge in [-0.3, -0.25) is 0 Å². The van der Waals surface area contributed by atoms with Crippen LogP contribution in [0.5, 0.6) is 0 Å². The van der Waals surface area contributed by atoms with E-state index in [1.807, 2.05) is 14.2 Å². The summed E-state index contributed by atoms with van der Waals surface area (Å²) in [5.41, 5.74) is 0. The molecule has 5 atom stereocenters. The second-order valence-corrected chi connectivity index (χ2v) is 16.8. The molecule has 1 saturated carbocycles. The first kappa shape index (κ1) is 30.3. The predicted molar refractivity (Wildman–Crippen MR) is 145 cm³/mol. The van der Waals surface area contributed by atoms with Gasteiger partial charge < -0.3 is 13.9 Å². The summed E-state index contributed by atoms with van der Waals surface area (Å²) in [6.45, 7) is 14.1. The van der Waals surface area contributed by atoms with Gasteiger partial charge in [0.15, 0.2) is 8.32 Å². The number of hydrogen-bond acceptors (Lipinski definition) is 3. The van der Waals surface area contributed by atoms with E-state index in [1.54, 1.807) is 0 Å². The number of alkyl halides is 1. The van der Waals surface area contributed by atoms with Crippen LogP contribution in [0.15, 0.2) is 12.2 Å². The normalized spacial score (nSPS) is 25.7. The smallest absolute Gasteiger partial charge is 0.192 e. The molecule has 0 radical (unpaired) electrons. The van der Waals surface area contributed by atoms with Gasteiger partial charge >= 0.3 is 0 Å². The molecule has 1 aliphatic carbocycles. The fourth-order valence-electron chi connectivity index (χ4n) is 4.64. The molecule has 5 heteroatoms. The fraction of sp³-hybridized carbons (Fsp3) is 0.926. The van der Waals surface area contributed by atoms with Gasteiger partial charge in [-0.1, -0.05) is 94.3 Å². The van der Waals surface area contributed by atoms with Gasteiger partial charge in [0, 0.05) is 25.5 Å². The summed E-state index contributed by atoms with van der Waals surface area (Å²) in [7, 11) is 1.89. The molecule has 1 fully saturated rings. The van der Waals surface area contributed by atoms with E-state index in [0.29, 0.717) is 17.9 Å².